The van der Waals surface area contributed by atoms with Crippen molar-refractivity contribution in [3.63, 3.8) is 0 Å². The molecule has 1 N–H and O–H groups in total. The zero-order valence-corrected chi connectivity index (χ0v) is 9.73. The normalized spacial score (nSPS) is 13.5. The predicted molar refractivity (Wildman–Crippen MR) is 68.4 cm³/mol. The van der Waals surface area contributed by atoms with Gasteiger partial charge in [0.15, 0.2) is 0 Å². The molecular weight excluding hydrogens is 212 g/mol. The molecule has 0 saturated heterocycles. The van der Waals surface area contributed by atoms with E-state index in [1.54, 1.807) is 0 Å². The highest BCUT2D eigenvalue weighted by molar-refractivity contribution is 5.78. The van der Waals surface area contributed by atoms with Gasteiger partial charge in [-0.2, -0.15) is 0 Å². The van der Waals surface area contributed by atoms with Crippen molar-refractivity contribution in [1.29, 1.82) is 0 Å². The summed E-state index contributed by atoms with van der Waals surface area (Å²) in [5.41, 5.74) is 4.43. The third-order valence-electron chi connectivity index (χ3n) is 2.86. The molecule has 0 atom stereocenters. The van der Waals surface area contributed by atoms with Gasteiger partial charge in [-0.25, -0.2) is 0 Å². The first-order valence-corrected chi connectivity index (χ1v) is 5.76. The number of aromatic nitrogens is 1. The number of anilines is 1. The van der Waals surface area contributed by atoms with E-state index in [-0.39, 0.29) is 0 Å². The lowest BCUT2D eigenvalue weighted by Gasteiger charge is -2.21. The van der Waals surface area contributed by atoms with Crippen LogP contribution < -0.4 is 10.1 Å². The molecule has 2 heterocycles. The van der Waals surface area contributed by atoms with E-state index in [1.807, 2.05) is 31.5 Å². The van der Waals surface area contributed by atoms with Crippen LogP contribution >= 0.6 is 0 Å². The van der Waals surface area contributed by atoms with Gasteiger partial charge in [-0.15, -0.1) is 0 Å². The molecule has 1 aromatic carbocycles. The zero-order chi connectivity index (χ0) is 11.7. The van der Waals surface area contributed by atoms with Crippen molar-refractivity contribution in [2.45, 2.75) is 6.92 Å². The lowest BCUT2D eigenvalue weighted by atomic mass is 10.0. The number of pyridine rings is 1. The lowest BCUT2D eigenvalue weighted by Crippen LogP contribution is -2.18. The molecule has 0 amide bonds. The van der Waals surface area contributed by atoms with Crippen molar-refractivity contribution in [3.05, 3.63) is 42.2 Å². The molecule has 86 valence electrons. The summed E-state index contributed by atoms with van der Waals surface area (Å²) < 4.78 is 5.76. The first-order valence-electron chi connectivity index (χ1n) is 5.76. The second-order valence-electron chi connectivity index (χ2n) is 4.21. The number of hydrogen-bond donors (Lipinski definition) is 1. The largest absolute Gasteiger partial charge is 0.489 e. The van der Waals surface area contributed by atoms with Gasteiger partial charge in [-0.05, 0) is 24.6 Å². The molecule has 0 radical (unpaired) electrons. The fourth-order valence-electron chi connectivity index (χ4n) is 2.10. The summed E-state index contributed by atoms with van der Waals surface area (Å²) >= 11 is 0. The van der Waals surface area contributed by atoms with Crippen LogP contribution in [0.3, 0.4) is 0 Å². The molecule has 1 aliphatic heterocycles. The molecule has 0 fully saturated rings. The highest BCUT2D eigenvalue weighted by atomic mass is 16.5. The van der Waals surface area contributed by atoms with Crippen molar-refractivity contribution in [2.24, 2.45) is 0 Å². The van der Waals surface area contributed by atoms with Crippen LogP contribution in [-0.2, 0) is 0 Å². The Morgan fingerprint density at radius 1 is 1.29 bits per heavy atom. The van der Waals surface area contributed by atoms with Crippen molar-refractivity contribution in [1.82, 2.24) is 4.98 Å². The van der Waals surface area contributed by atoms with Gasteiger partial charge < -0.3 is 10.1 Å². The third-order valence-corrected chi connectivity index (χ3v) is 2.86. The minimum atomic E-state index is 0.712. The van der Waals surface area contributed by atoms with E-state index >= 15 is 0 Å². The first-order chi connectivity index (χ1) is 8.34. The Morgan fingerprint density at radius 3 is 3.12 bits per heavy atom. The Balaban J connectivity index is 2.14. The number of para-hydroxylation sites is 1. The Labute approximate surface area is 100 Å². The number of nitrogens with zero attached hydrogens (tertiary/aromatic N) is 1. The molecule has 0 aliphatic carbocycles. The highest BCUT2D eigenvalue weighted by Crippen LogP contribution is 2.37. The van der Waals surface area contributed by atoms with Crippen molar-refractivity contribution in [2.75, 3.05) is 18.5 Å². The predicted octanol–water partition coefficient (Wildman–Crippen LogP) is 2.86. The van der Waals surface area contributed by atoms with E-state index in [0.717, 1.165) is 34.7 Å². The van der Waals surface area contributed by atoms with Gasteiger partial charge in [0.25, 0.3) is 0 Å². The fraction of sp³-hybridized carbons (Fsp3) is 0.214. The summed E-state index contributed by atoms with van der Waals surface area (Å²) in [5.74, 6) is 0.936. The molecule has 0 bridgehead atoms. The summed E-state index contributed by atoms with van der Waals surface area (Å²) in [6.07, 6.45) is 3.73. The number of benzene rings is 1. The topological polar surface area (TPSA) is 34.1 Å². The lowest BCUT2D eigenvalue weighted by molar-refractivity contribution is 0.324. The van der Waals surface area contributed by atoms with Crippen LogP contribution in [0.4, 0.5) is 5.69 Å². The molecule has 3 rings (SSSR count). The number of aryl methyl sites for hydroxylation is 1. The quantitative estimate of drug-likeness (QED) is 0.811. The van der Waals surface area contributed by atoms with Gasteiger partial charge >= 0.3 is 0 Å². The fourth-order valence-corrected chi connectivity index (χ4v) is 2.10. The maximum absolute atomic E-state index is 5.76. The number of ether oxygens (including phenoxy) is 1. The molecular formula is C14H14N2O. The Kier molecular flexibility index (Phi) is 2.44. The minimum absolute atomic E-state index is 0.712. The van der Waals surface area contributed by atoms with Gasteiger partial charge in [0.1, 0.15) is 12.4 Å². The SMILES string of the molecule is Cc1cncc(-c2cccc3c2OCCN3)c1. The van der Waals surface area contributed by atoms with Crippen LogP contribution in [0.5, 0.6) is 5.75 Å². The van der Waals surface area contributed by atoms with Crippen molar-refractivity contribution >= 4 is 5.69 Å². The molecule has 0 spiro atoms. The van der Waals surface area contributed by atoms with Gasteiger partial charge in [0, 0.05) is 30.1 Å². The first kappa shape index (κ1) is 10.1. The molecule has 2 aromatic rings. The number of nitrogens with one attached hydrogen (secondary N) is 1. The number of hydrogen-bond acceptors (Lipinski definition) is 3. The van der Waals surface area contributed by atoms with Gasteiger partial charge in [0.2, 0.25) is 0 Å². The third kappa shape index (κ3) is 1.84. The van der Waals surface area contributed by atoms with E-state index in [1.165, 1.54) is 0 Å². The summed E-state index contributed by atoms with van der Waals surface area (Å²) in [6, 6.07) is 8.28. The Morgan fingerprint density at radius 2 is 2.24 bits per heavy atom. The molecule has 3 nitrogen and oxygen atoms in total. The summed E-state index contributed by atoms with van der Waals surface area (Å²) in [4.78, 5) is 4.23. The smallest absolute Gasteiger partial charge is 0.150 e. The van der Waals surface area contributed by atoms with E-state index in [0.29, 0.717) is 6.61 Å². The molecule has 1 aromatic heterocycles. The van der Waals surface area contributed by atoms with Crippen LogP contribution in [0, 0.1) is 6.92 Å². The Bertz CT molecular complexity index is 552. The molecule has 3 heteroatoms. The summed E-state index contributed by atoms with van der Waals surface area (Å²) in [6.45, 7) is 3.62. The number of fused-ring (bicyclic) bond motifs is 1. The van der Waals surface area contributed by atoms with Crippen LogP contribution in [0.25, 0.3) is 11.1 Å². The van der Waals surface area contributed by atoms with Gasteiger partial charge in [-0.3, -0.25) is 4.98 Å². The van der Waals surface area contributed by atoms with E-state index in [4.69, 9.17) is 4.74 Å². The van der Waals surface area contributed by atoms with Gasteiger partial charge in [0.05, 0.1) is 5.69 Å². The standard InChI is InChI=1S/C14H14N2O/c1-10-7-11(9-15-8-10)12-3-2-4-13-14(12)17-6-5-16-13/h2-4,7-9,16H,5-6H2,1H3. The van der Waals surface area contributed by atoms with Crippen molar-refractivity contribution in [3.8, 4) is 16.9 Å². The monoisotopic (exact) mass is 226 g/mol. The summed E-state index contributed by atoms with van der Waals surface area (Å²) in [7, 11) is 0. The molecule has 0 saturated carbocycles. The average molecular weight is 226 g/mol. The maximum Gasteiger partial charge on any atom is 0.150 e. The molecule has 1 aliphatic rings. The summed E-state index contributed by atoms with van der Waals surface area (Å²) in [5, 5.41) is 3.34. The second kappa shape index (κ2) is 4.09. The minimum Gasteiger partial charge on any atom is -0.489 e. The highest BCUT2D eigenvalue weighted by Gasteiger charge is 2.14. The van der Waals surface area contributed by atoms with Crippen molar-refractivity contribution < 1.29 is 4.74 Å². The maximum atomic E-state index is 5.76. The van der Waals surface area contributed by atoms with Gasteiger partial charge in [-0.1, -0.05) is 12.1 Å². The zero-order valence-electron chi connectivity index (χ0n) is 9.73. The van der Waals surface area contributed by atoms with E-state index in [9.17, 15) is 0 Å². The Hall–Kier alpha value is -2.03. The van der Waals surface area contributed by atoms with E-state index in [2.05, 4.69) is 22.4 Å². The van der Waals surface area contributed by atoms with Crippen LogP contribution in [-0.4, -0.2) is 18.1 Å². The second-order valence-corrected chi connectivity index (χ2v) is 4.21. The van der Waals surface area contributed by atoms with Crippen LogP contribution in [0.15, 0.2) is 36.7 Å². The van der Waals surface area contributed by atoms with Crippen LogP contribution in [0.2, 0.25) is 0 Å². The molecule has 17 heavy (non-hydrogen) atoms. The van der Waals surface area contributed by atoms with E-state index < -0.39 is 0 Å². The van der Waals surface area contributed by atoms with Crippen LogP contribution in [0.1, 0.15) is 5.56 Å². The molecule has 0 unspecified atom stereocenters. The number of rotatable bonds is 1. The average Bonchev–Trinajstić information content (AvgIpc) is 2.38.